The van der Waals surface area contributed by atoms with Crippen molar-refractivity contribution in [2.45, 2.75) is 43.9 Å². The maximum atomic E-state index is 14.2. The molecule has 2 aromatic carbocycles. The third-order valence-corrected chi connectivity index (χ3v) is 8.70. The molecule has 0 saturated heterocycles. The number of nitrogens with zero attached hydrogens (tertiary/aromatic N) is 5. The minimum Gasteiger partial charge on any atom is -0.294 e. The van der Waals surface area contributed by atoms with Gasteiger partial charge < -0.3 is 0 Å². The number of thiophene rings is 1. The van der Waals surface area contributed by atoms with Gasteiger partial charge >= 0.3 is 0 Å². The molecule has 5 aromatic rings. The van der Waals surface area contributed by atoms with Crippen LogP contribution in [0.2, 0.25) is 0 Å². The maximum Gasteiger partial charge on any atom is 0.263 e. The summed E-state index contributed by atoms with van der Waals surface area (Å²) in [6.45, 7) is 5.08. The van der Waals surface area contributed by atoms with Crippen molar-refractivity contribution < 1.29 is 4.39 Å². The zero-order valence-electron chi connectivity index (χ0n) is 19.3. The molecule has 0 bridgehead atoms. The molecule has 0 atom stereocenters. The van der Waals surface area contributed by atoms with Crippen LogP contribution < -0.4 is 5.56 Å². The molecule has 178 valence electrons. The summed E-state index contributed by atoms with van der Waals surface area (Å²) in [5, 5.41) is 10.2. The van der Waals surface area contributed by atoms with Gasteiger partial charge in [0, 0.05) is 36.8 Å². The van der Waals surface area contributed by atoms with Crippen LogP contribution in [0.4, 0.5) is 4.39 Å². The molecule has 0 aliphatic carbocycles. The van der Waals surface area contributed by atoms with E-state index in [9.17, 15) is 9.18 Å². The predicted octanol–water partition coefficient (Wildman–Crippen LogP) is 5.12. The molecule has 35 heavy (non-hydrogen) atoms. The van der Waals surface area contributed by atoms with E-state index in [-0.39, 0.29) is 11.4 Å². The van der Waals surface area contributed by atoms with Gasteiger partial charge in [-0.1, -0.05) is 60.3 Å². The van der Waals surface area contributed by atoms with E-state index in [1.165, 1.54) is 28.3 Å². The van der Waals surface area contributed by atoms with E-state index >= 15 is 0 Å². The molecule has 1 aliphatic rings. The monoisotopic (exact) mass is 505 g/mol. The molecule has 0 fully saturated rings. The smallest absolute Gasteiger partial charge is 0.263 e. The lowest BCUT2D eigenvalue weighted by Crippen LogP contribution is -2.30. The molecule has 1 aliphatic heterocycles. The third-order valence-electron chi connectivity index (χ3n) is 6.52. The number of benzene rings is 2. The van der Waals surface area contributed by atoms with Crippen LogP contribution in [-0.2, 0) is 31.8 Å². The van der Waals surface area contributed by atoms with Gasteiger partial charge in [-0.3, -0.25) is 14.3 Å². The number of rotatable bonds is 6. The normalized spacial score (nSPS) is 14.1. The second kappa shape index (κ2) is 9.22. The Hall–Kier alpha value is -3.01. The highest BCUT2D eigenvalue weighted by atomic mass is 32.2. The second-order valence-electron chi connectivity index (χ2n) is 8.68. The Kier molecular flexibility index (Phi) is 5.91. The van der Waals surface area contributed by atoms with Crippen LogP contribution in [0.25, 0.3) is 16.0 Å². The summed E-state index contributed by atoms with van der Waals surface area (Å²) in [7, 11) is 0. The van der Waals surface area contributed by atoms with Gasteiger partial charge in [0.05, 0.1) is 5.39 Å². The van der Waals surface area contributed by atoms with Crippen LogP contribution in [0.1, 0.15) is 28.5 Å². The number of fused-ring (bicyclic) bond motifs is 5. The van der Waals surface area contributed by atoms with E-state index in [0.29, 0.717) is 28.8 Å². The lowest BCUT2D eigenvalue weighted by Gasteiger charge is -2.26. The van der Waals surface area contributed by atoms with Crippen molar-refractivity contribution >= 4 is 39.1 Å². The molecule has 0 amide bonds. The second-order valence-corrected chi connectivity index (χ2v) is 10.7. The van der Waals surface area contributed by atoms with Crippen molar-refractivity contribution in [2.24, 2.45) is 0 Å². The molecule has 6 nitrogen and oxygen atoms in total. The van der Waals surface area contributed by atoms with E-state index < -0.39 is 0 Å². The molecule has 4 heterocycles. The number of hydrogen-bond acceptors (Lipinski definition) is 6. The first-order valence-electron chi connectivity index (χ1n) is 11.7. The highest BCUT2D eigenvalue weighted by Gasteiger charge is 2.27. The molecule has 3 aromatic heterocycles. The van der Waals surface area contributed by atoms with Crippen LogP contribution in [0.15, 0.2) is 64.5 Å². The molecule has 0 N–H and O–H groups in total. The van der Waals surface area contributed by atoms with Gasteiger partial charge in [-0.2, -0.15) is 0 Å². The number of aryl methyl sites for hydroxylation is 1. The number of thioether (sulfide) groups is 1. The lowest BCUT2D eigenvalue weighted by molar-refractivity contribution is 0.249. The van der Waals surface area contributed by atoms with Crippen LogP contribution in [0.3, 0.4) is 0 Å². The average Bonchev–Trinajstić information content (AvgIpc) is 3.46. The summed E-state index contributed by atoms with van der Waals surface area (Å²) in [5.74, 6) is 0.756. The van der Waals surface area contributed by atoms with Crippen LogP contribution >= 0.6 is 23.1 Å². The zero-order valence-corrected chi connectivity index (χ0v) is 20.9. The third kappa shape index (κ3) is 3.97. The lowest BCUT2D eigenvalue weighted by atomic mass is 10.0. The molecular formula is C26H24FN5OS2. The minimum atomic E-state index is -0.227. The molecule has 0 unspecified atom stereocenters. The van der Waals surface area contributed by atoms with E-state index in [0.717, 1.165) is 41.8 Å². The van der Waals surface area contributed by atoms with Gasteiger partial charge in [0.15, 0.2) is 5.16 Å². The fourth-order valence-corrected chi connectivity index (χ4v) is 7.13. The number of hydrogen-bond donors (Lipinski definition) is 0. The van der Waals surface area contributed by atoms with Crippen LogP contribution in [0, 0.1) is 5.82 Å². The van der Waals surface area contributed by atoms with Crippen LogP contribution in [-0.4, -0.2) is 30.6 Å². The highest BCUT2D eigenvalue weighted by Crippen LogP contribution is 2.36. The molecule has 6 rings (SSSR count). The summed E-state index contributed by atoms with van der Waals surface area (Å²) >= 11 is 3.10. The van der Waals surface area contributed by atoms with Crippen molar-refractivity contribution in [2.75, 3.05) is 6.54 Å². The standard InChI is InChI=1S/C26H24FN5OS2/c1-2-31-23(33)22-19-12-13-30(14-17-8-4-3-5-9-17)15-21(19)35-24(22)32-25(31)28-29-26(32)34-16-18-10-6-7-11-20(18)27/h3-11H,2,12-16H2,1H3. The van der Waals surface area contributed by atoms with E-state index in [1.807, 2.05) is 23.5 Å². The SMILES string of the molecule is CCn1c(=O)c2c3c(sc2n2c(SCc4ccccc4F)nnc12)CN(Cc1ccccc1)CC3. The largest absolute Gasteiger partial charge is 0.294 e. The first-order valence-corrected chi connectivity index (χ1v) is 13.5. The number of aromatic nitrogens is 4. The quantitative estimate of drug-likeness (QED) is 0.300. The first-order chi connectivity index (χ1) is 17.1. The van der Waals surface area contributed by atoms with Crippen molar-refractivity contribution in [1.29, 1.82) is 0 Å². The molecule has 0 spiro atoms. The predicted molar refractivity (Wildman–Crippen MR) is 139 cm³/mol. The number of halogens is 1. The molecule has 0 radical (unpaired) electrons. The first kappa shape index (κ1) is 22.5. The summed E-state index contributed by atoms with van der Waals surface area (Å²) in [5.41, 5.74) is 3.07. The van der Waals surface area contributed by atoms with Crippen molar-refractivity contribution in [3.63, 3.8) is 0 Å². The molecule has 9 heteroatoms. The zero-order chi connectivity index (χ0) is 23.9. The van der Waals surface area contributed by atoms with Gasteiger partial charge in [0.25, 0.3) is 5.56 Å². The van der Waals surface area contributed by atoms with Gasteiger partial charge in [-0.15, -0.1) is 21.5 Å². The Morgan fingerprint density at radius 2 is 1.89 bits per heavy atom. The maximum absolute atomic E-state index is 14.2. The van der Waals surface area contributed by atoms with Crippen molar-refractivity contribution in [3.05, 3.63) is 92.3 Å². The van der Waals surface area contributed by atoms with Gasteiger partial charge in [0.2, 0.25) is 5.78 Å². The van der Waals surface area contributed by atoms with E-state index in [4.69, 9.17) is 0 Å². The molecular weight excluding hydrogens is 481 g/mol. The van der Waals surface area contributed by atoms with E-state index in [1.54, 1.807) is 28.0 Å². The fraction of sp³-hybridized carbons (Fsp3) is 0.269. The Bertz CT molecular complexity index is 1590. The Labute approximate surface area is 210 Å². The summed E-state index contributed by atoms with van der Waals surface area (Å²) in [6, 6.07) is 17.3. The summed E-state index contributed by atoms with van der Waals surface area (Å²) < 4.78 is 17.9. The Morgan fingerprint density at radius 3 is 2.69 bits per heavy atom. The topological polar surface area (TPSA) is 55.4 Å². The van der Waals surface area contributed by atoms with Crippen LogP contribution in [0.5, 0.6) is 0 Å². The van der Waals surface area contributed by atoms with Crippen molar-refractivity contribution in [1.82, 2.24) is 24.1 Å². The average molecular weight is 506 g/mol. The van der Waals surface area contributed by atoms with E-state index in [2.05, 4.69) is 39.4 Å². The summed E-state index contributed by atoms with van der Waals surface area (Å²) in [4.78, 5) is 18.1. The Morgan fingerprint density at radius 1 is 1.09 bits per heavy atom. The summed E-state index contributed by atoms with van der Waals surface area (Å²) in [6.07, 6.45) is 0.840. The highest BCUT2D eigenvalue weighted by molar-refractivity contribution is 7.98. The van der Waals surface area contributed by atoms with Gasteiger partial charge in [-0.25, -0.2) is 8.79 Å². The van der Waals surface area contributed by atoms with Gasteiger partial charge in [-0.05, 0) is 36.1 Å². The van der Waals surface area contributed by atoms with Crippen molar-refractivity contribution in [3.8, 4) is 0 Å². The fourth-order valence-electron chi connectivity index (χ4n) is 4.77. The minimum absolute atomic E-state index is 0.00191. The molecule has 0 saturated carbocycles. The van der Waals surface area contributed by atoms with Gasteiger partial charge in [0.1, 0.15) is 10.6 Å². The Balaban J connectivity index is 1.42.